The molecule has 0 aliphatic heterocycles. The minimum atomic E-state index is -4.53. The fraction of sp³-hybridized carbons (Fsp3) is 0.222. The van der Waals surface area contributed by atoms with E-state index < -0.39 is 17.7 Å². The first-order valence-corrected chi connectivity index (χ1v) is 7.89. The highest BCUT2D eigenvalue weighted by atomic mass is 35.5. The highest BCUT2D eigenvalue weighted by molar-refractivity contribution is 6.32. The van der Waals surface area contributed by atoms with Gasteiger partial charge >= 0.3 is 12.1 Å². The number of hydrogen-bond donors (Lipinski definition) is 0. The topological polar surface area (TPSA) is 61.8 Å². The number of ether oxygens (including phenoxy) is 3. The molecule has 0 amide bonds. The van der Waals surface area contributed by atoms with E-state index in [9.17, 15) is 22.8 Å². The van der Waals surface area contributed by atoms with E-state index in [-0.39, 0.29) is 40.2 Å². The van der Waals surface area contributed by atoms with Crippen molar-refractivity contribution >= 4 is 23.4 Å². The molecule has 144 valence electrons. The number of carbonyl (C=O) groups is 2. The lowest BCUT2D eigenvalue weighted by atomic mass is 10.2. The van der Waals surface area contributed by atoms with Crippen LogP contribution in [0.1, 0.15) is 22.8 Å². The maximum absolute atomic E-state index is 12.7. The second kappa shape index (κ2) is 8.30. The molecule has 0 saturated carbocycles. The number of benzene rings is 2. The van der Waals surface area contributed by atoms with Crippen LogP contribution in [0, 0.1) is 0 Å². The summed E-state index contributed by atoms with van der Waals surface area (Å²) < 4.78 is 53.4. The standard InChI is InChI=1S/C18H14ClF3O5/c1-10(23)9-26-15-6-4-12(8-13(15)17(24)25-2)27-16-5-3-11(7-14(16)19)18(20,21)22/h3-8H,9H2,1-2H3. The first-order chi connectivity index (χ1) is 12.6. The Bertz CT molecular complexity index is 865. The zero-order valence-corrected chi connectivity index (χ0v) is 15.0. The molecule has 0 aliphatic carbocycles. The van der Waals surface area contributed by atoms with E-state index in [1.54, 1.807) is 0 Å². The Morgan fingerprint density at radius 1 is 1.07 bits per heavy atom. The molecule has 0 atom stereocenters. The van der Waals surface area contributed by atoms with E-state index in [1.165, 1.54) is 25.1 Å². The molecule has 2 rings (SSSR count). The number of carbonyl (C=O) groups excluding carboxylic acids is 2. The summed E-state index contributed by atoms with van der Waals surface area (Å²) in [6, 6.07) is 6.70. The first kappa shape index (κ1) is 20.6. The Hall–Kier alpha value is -2.74. The average molecular weight is 403 g/mol. The predicted octanol–water partition coefficient (Wildman–Crippen LogP) is 4.91. The minimum Gasteiger partial charge on any atom is -0.485 e. The quantitative estimate of drug-likeness (QED) is 0.643. The van der Waals surface area contributed by atoms with Crippen molar-refractivity contribution in [1.82, 2.24) is 0 Å². The summed E-state index contributed by atoms with van der Waals surface area (Å²) in [7, 11) is 1.16. The van der Waals surface area contributed by atoms with Crippen molar-refractivity contribution in [3.63, 3.8) is 0 Å². The van der Waals surface area contributed by atoms with Crippen LogP contribution in [0.3, 0.4) is 0 Å². The fourth-order valence-electron chi connectivity index (χ4n) is 2.03. The number of methoxy groups -OCH3 is 1. The highest BCUT2D eigenvalue weighted by Gasteiger charge is 2.31. The summed E-state index contributed by atoms with van der Waals surface area (Å²) in [4.78, 5) is 23.0. The maximum Gasteiger partial charge on any atom is 0.416 e. The van der Waals surface area contributed by atoms with Crippen LogP contribution in [0.25, 0.3) is 0 Å². The van der Waals surface area contributed by atoms with Crippen molar-refractivity contribution in [1.29, 1.82) is 0 Å². The summed E-state index contributed by atoms with van der Waals surface area (Å²) in [5, 5.41) is -0.249. The predicted molar refractivity (Wildman–Crippen MR) is 90.5 cm³/mol. The van der Waals surface area contributed by atoms with Gasteiger partial charge in [0.25, 0.3) is 0 Å². The van der Waals surface area contributed by atoms with Gasteiger partial charge in [-0.1, -0.05) is 11.6 Å². The molecule has 0 aromatic heterocycles. The third-order valence-electron chi connectivity index (χ3n) is 3.27. The number of esters is 1. The van der Waals surface area contributed by atoms with Gasteiger partial charge in [-0.15, -0.1) is 0 Å². The van der Waals surface area contributed by atoms with Crippen molar-refractivity contribution in [2.75, 3.05) is 13.7 Å². The molecule has 0 heterocycles. The summed E-state index contributed by atoms with van der Waals surface area (Å²) in [6.07, 6.45) is -4.53. The van der Waals surface area contributed by atoms with E-state index in [1.807, 2.05) is 0 Å². The van der Waals surface area contributed by atoms with Gasteiger partial charge in [0.1, 0.15) is 29.4 Å². The van der Waals surface area contributed by atoms with Crippen LogP contribution in [0.2, 0.25) is 5.02 Å². The zero-order chi connectivity index (χ0) is 20.2. The molecule has 0 fully saturated rings. The average Bonchev–Trinajstić information content (AvgIpc) is 2.60. The summed E-state index contributed by atoms with van der Waals surface area (Å²) in [5.74, 6) is -0.798. The van der Waals surface area contributed by atoms with Crippen LogP contribution in [0.5, 0.6) is 17.2 Å². The molecule has 0 N–H and O–H groups in total. The minimum absolute atomic E-state index is 0.0146. The first-order valence-electron chi connectivity index (χ1n) is 7.51. The van der Waals surface area contributed by atoms with E-state index in [0.717, 1.165) is 25.3 Å². The Balaban J connectivity index is 2.31. The number of halogens is 4. The van der Waals surface area contributed by atoms with Gasteiger partial charge in [0, 0.05) is 0 Å². The molecule has 9 heteroatoms. The molecular weight excluding hydrogens is 389 g/mol. The lowest BCUT2D eigenvalue weighted by Crippen LogP contribution is -2.11. The van der Waals surface area contributed by atoms with Gasteiger partial charge < -0.3 is 14.2 Å². The van der Waals surface area contributed by atoms with Crippen LogP contribution in [-0.2, 0) is 15.7 Å². The second-order valence-corrected chi connectivity index (χ2v) is 5.79. The van der Waals surface area contributed by atoms with E-state index in [4.69, 9.17) is 21.1 Å². The molecule has 27 heavy (non-hydrogen) atoms. The monoisotopic (exact) mass is 402 g/mol. The van der Waals surface area contributed by atoms with Crippen molar-refractivity contribution in [2.45, 2.75) is 13.1 Å². The van der Waals surface area contributed by atoms with Crippen molar-refractivity contribution in [3.05, 3.63) is 52.5 Å². The van der Waals surface area contributed by atoms with Crippen LogP contribution in [0.4, 0.5) is 13.2 Å². The smallest absolute Gasteiger partial charge is 0.416 e. The third-order valence-corrected chi connectivity index (χ3v) is 3.57. The van der Waals surface area contributed by atoms with Crippen molar-refractivity contribution in [3.8, 4) is 17.2 Å². The largest absolute Gasteiger partial charge is 0.485 e. The van der Waals surface area contributed by atoms with Crippen molar-refractivity contribution < 1.29 is 37.0 Å². The van der Waals surface area contributed by atoms with Crippen LogP contribution < -0.4 is 9.47 Å². The summed E-state index contributed by atoms with van der Waals surface area (Å²) >= 11 is 5.85. The van der Waals surface area contributed by atoms with Gasteiger partial charge in [-0.05, 0) is 43.3 Å². The van der Waals surface area contributed by atoms with Gasteiger partial charge in [0.2, 0.25) is 0 Å². The fourth-order valence-corrected chi connectivity index (χ4v) is 2.25. The Morgan fingerprint density at radius 2 is 1.74 bits per heavy atom. The SMILES string of the molecule is COC(=O)c1cc(Oc2ccc(C(F)(F)F)cc2Cl)ccc1OCC(C)=O. The molecule has 0 aliphatic rings. The second-order valence-electron chi connectivity index (χ2n) is 5.39. The molecule has 2 aromatic rings. The summed E-state index contributed by atoms with van der Waals surface area (Å²) in [6.45, 7) is 1.08. The number of rotatable bonds is 6. The lowest BCUT2D eigenvalue weighted by Gasteiger charge is -2.13. The van der Waals surface area contributed by atoms with Gasteiger partial charge in [0.15, 0.2) is 5.78 Å². The van der Waals surface area contributed by atoms with E-state index in [2.05, 4.69) is 4.74 Å². The normalized spacial score (nSPS) is 11.0. The molecule has 0 bridgehead atoms. The Morgan fingerprint density at radius 3 is 2.30 bits per heavy atom. The summed E-state index contributed by atoms with van der Waals surface area (Å²) in [5.41, 5.74) is -0.928. The van der Waals surface area contributed by atoms with Gasteiger partial charge in [0.05, 0.1) is 17.7 Å². The van der Waals surface area contributed by atoms with E-state index in [0.29, 0.717) is 0 Å². The number of alkyl halides is 3. The van der Waals surface area contributed by atoms with Crippen molar-refractivity contribution in [2.24, 2.45) is 0 Å². The number of Topliss-reactive ketones (excluding diaryl/α,β-unsaturated/α-hetero) is 1. The molecule has 2 aromatic carbocycles. The van der Waals surface area contributed by atoms with Gasteiger partial charge in [-0.2, -0.15) is 13.2 Å². The molecule has 5 nitrogen and oxygen atoms in total. The van der Waals surface area contributed by atoms with Gasteiger partial charge in [-0.25, -0.2) is 4.79 Å². The molecule has 0 spiro atoms. The highest BCUT2D eigenvalue weighted by Crippen LogP contribution is 2.37. The lowest BCUT2D eigenvalue weighted by molar-refractivity contribution is -0.137. The van der Waals surface area contributed by atoms with Gasteiger partial charge in [-0.3, -0.25) is 4.79 Å². The molecule has 0 radical (unpaired) electrons. The van der Waals surface area contributed by atoms with E-state index >= 15 is 0 Å². The zero-order valence-electron chi connectivity index (χ0n) is 14.2. The van der Waals surface area contributed by atoms with Crippen LogP contribution in [-0.4, -0.2) is 25.5 Å². The molecule has 0 saturated heterocycles. The maximum atomic E-state index is 12.7. The Kier molecular flexibility index (Phi) is 6.32. The van der Waals surface area contributed by atoms with Crippen LogP contribution >= 0.6 is 11.6 Å². The Labute approximate surface area is 157 Å². The van der Waals surface area contributed by atoms with Crippen LogP contribution in [0.15, 0.2) is 36.4 Å². The molecule has 0 unspecified atom stereocenters. The number of ketones is 1. The number of hydrogen-bond acceptors (Lipinski definition) is 5. The third kappa shape index (κ3) is 5.37. The molecular formula is C18H14ClF3O5.